The molecule has 1 aromatic rings. The fourth-order valence-corrected chi connectivity index (χ4v) is 4.45. The highest BCUT2D eigenvalue weighted by atomic mass is 32.1. The van der Waals surface area contributed by atoms with Gasteiger partial charge in [0.2, 0.25) is 11.8 Å². The highest BCUT2D eigenvalue weighted by Crippen LogP contribution is 2.36. The average molecular weight is 363 g/mol. The number of nitrogens with zero attached hydrogens (tertiary/aromatic N) is 3. The van der Waals surface area contributed by atoms with Gasteiger partial charge in [-0.1, -0.05) is 6.07 Å². The van der Waals surface area contributed by atoms with E-state index in [1.165, 1.54) is 0 Å². The van der Waals surface area contributed by atoms with Crippen LogP contribution in [0.3, 0.4) is 0 Å². The van der Waals surface area contributed by atoms with Crippen LogP contribution in [0.5, 0.6) is 0 Å². The smallest absolute Gasteiger partial charge is 0.248 e. The van der Waals surface area contributed by atoms with Crippen molar-refractivity contribution in [2.24, 2.45) is 5.41 Å². The summed E-state index contributed by atoms with van der Waals surface area (Å²) in [6.45, 7) is 2.45. The van der Waals surface area contributed by atoms with Crippen LogP contribution in [0, 0.1) is 5.41 Å². The first-order chi connectivity index (χ1) is 11.9. The van der Waals surface area contributed by atoms with Crippen molar-refractivity contribution >= 4 is 29.2 Å². The zero-order valence-corrected chi connectivity index (χ0v) is 15.8. The molecule has 0 unspecified atom stereocenters. The van der Waals surface area contributed by atoms with Gasteiger partial charge in [0.1, 0.15) is 6.61 Å². The lowest BCUT2D eigenvalue weighted by Gasteiger charge is -2.37. The van der Waals surface area contributed by atoms with Crippen LogP contribution < -0.4 is 0 Å². The molecule has 0 bridgehead atoms. The minimum atomic E-state index is -0.253. The van der Waals surface area contributed by atoms with Gasteiger partial charge in [0.15, 0.2) is 0 Å². The van der Waals surface area contributed by atoms with Crippen LogP contribution in [0.15, 0.2) is 23.6 Å². The van der Waals surface area contributed by atoms with E-state index in [9.17, 15) is 9.59 Å². The summed E-state index contributed by atoms with van der Waals surface area (Å²) >= 11 is 1.61. The third-order valence-corrected chi connectivity index (χ3v) is 5.90. The van der Waals surface area contributed by atoms with Gasteiger partial charge < -0.3 is 19.4 Å². The topological polar surface area (TPSA) is 53.1 Å². The number of hydrogen-bond acceptors (Lipinski definition) is 5. The predicted octanol–water partition coefficient (Wildman–Crippen LogP) is 1.01. The molecule has 6 nitrogen and oxygen atoms in total. The monoisotopic (exact) mass is 363 g/mol. The molecule has 2 aliphatic rings. The number of thiophene rings is 1. The number of likely N-dealkylation sites (tertiary alicyclic amines) is 1. The second kappa shape index (κ2) is 7.27. The fourth-order valence-electron chi connectivity index (χ4n) is 3.83. The second-order valence-corrected chi connectivity index (χ2v) is 8.13. The van der Waals surface area contributed by atoms with E-state index in [-0.39, 0.29) is 29.9 Å². The van der Waals surface area contributed by atoms with Gasteiger partial charge in [0.05, 0.1) is 6.61 Å². The summed E-state index contributed by atoms with van der Waals surface area (Å²) in [5.74, 6) is 0.00657. The molecule has 0 N–H and O–H groups in total. The molecule has 3 heterocycles. The summed E-state index contributed by atoms with van der Waals surface area (Å²) in [6, 6.07) is 4.11. The van der Waals surface area contributed by atoms with E-state index in [4.69, 9.17) is 4.74 Å². The molecule has 2 saturated heterocycles. The Labute approximate surface area is 152 Å². The molecule has 7 heteroatoms. The molecule has 0 saturated carbocycles. The van der Waals surface area contributed by atoms with Gasteiger partial charge >= 0.3 is 0 Å². The van der Waals surface area contributed by atoms with Crippen molar-refractivity contribution in [3.05, 3.63) is 28.5 Å². The molecule has 25 heavy (non-hydrogen) atoms. The van der Waals surface area contributed by atoms with Crippen molar-refractivity contribution in [3.8, 4) is 0 Å². The number of rotatable bonds is 3. The average Bonchev–Trinajstić information content (AvgIpc) is 3.17. The molecule has 0 aliphatic carbocycles. The second-order valence-electron chi connectivity index (χ2n) is 7.15. The molecule has 3 rings (SSSR count). The molecular weight excluding hydrogens is 338 g/mol. The number of carbonyl (C=O) groups excluding carboxylic acids is 2. The van der Waals surface area contributed by atoms with Crippen molar-refractivity contribution in [2.75, 3.05) is 54.0 Å². The quantitative estimate of drug-likeness (QED) is 0.752. The highest BCUT2D eigenvalue weighted by Gasteiger charge is 2.51. The third kappa shape index (κ3) is 3.78. The Morgan fingerprint density at radius 3 is 2.92 bits per heavy atom. The number of ether oxygens (including phenoxy) is 1. The van der Waals surface area contributed by atoms with Gasteiger partial charge in [-0.15, -0.1) is 11.3 Å². The van der Waals surface area contributed by atoms with Gasteiger partial charge in [-0.2, -0.15) is 0 Å². The van der Waals surface area contributed by atoms with E-state index < -0.39 is 0 Å². The zero-order valence-electron chi connectivity index (χ0n) is 15.0. The summed E-state index contributed by atoms with van der Waals surface area (Å²) in [4.78, 5) is 31.5. The van der Waals surface area contributed by atoms with E-state index in [0.29, 0.717) is 26.2 Å². The van der Waals surface area contributed by atoms with E-state index in [1.54, 1.807) is 22.3 Å². The predicted molar refractivity (Wildman–Crippen MR) is 98.3 cm³/mol. The molecule has 1 spiro atoms. The summed E-state index contributed by atoms with van der Waals surface area (Å²) in [5, 5.41) is 1.99. The SMILES string of the molecule is CN1C[C@]2(COCC1=O)CN(C(=O)/C=C/c1cccs1)C[C@H]2N(C)C. The van der Waals surface area contributed by atoms with Crippen LogP contribution in [0.4, 0.5) is 0 Å². The molecule has 0 aromatic carbocycles. The summed E-state index contributed by atoms with van der Waals surface area (Å²) in [5.41, 5.74) is -0.253. The molecule has 0 radical (unpaired) electrons. The largest absolute Gasteiger partial charge is 0.371 e. The van der Waals surface area contributed by atoms with Crippen LogP contribution in [0.25, 0.3) is 6.08 Å². The van der Waals surface area contributed by atoms with Crippen LogP contribution in [-0.4, -0.2) is 86.5 Å². The molecular formula is C18H25N3O3S. The number of hydrogen-bond donors (Lipinski definition) is 0. The maximum absolute atomic E-state index is 12.7. The summed E-state index contributed by atoms with van der Waals surface area (Å²) in [7, 11) is 5.86. The summed E-state index contributed by atoms with van der Waals surface area (Å²) in [6.07, 6.45) is 3.51. The van der Waals surface area contributed by atoms with Gasteiger partial charge in [0, 0.05) is 49.1 Å². The van der Waals surface area contributed by atoms with E-state index in [0.717, 1.165) is 4.88 Å². The van der Waals surface area contributed by atoms with Crippen molar-refractivity contribution in [3.63, 3.8) is 0 Å². The van der Waals surface area contributed by atoms with Crippen molar-refractivity contribution < 1.29 is 14.3 Å². The number of amides is 2. The Kier molecular flexibility index (Phi) is 5.27. The Morgan fingerprint density at radius 1 is 1.44 bits per heavy atom. The lowest BCUT2D eigenvalue weighted by atomic mass is 9.82. The van der Waals surface area contributed by atoms with Gasteiger partial charge in [-0.3, -0.25) is 9.59 Å². The first-order valence-corrected chi connectivity index (χ1v) is 9.28. The standard InChI is InChI=1S/C18H25N3O3S/c1-19(2)15-9-21(16(22)7-6-14-5-4-8-25-14)12-18(15)11-20(3)17(23)10-24-13-18/h4-8,15H,9-13H2,1-3H3/b7-6+/t15-,18-/m1/s1. The molecule has 2 amide bonds. The zero-order chi connectivity index (χ0) is 18.0. The Hall–Kier alpha value is -1.70. The Balaban J connectivity index is 1.78. The highest BCUT2D eigenvalue weighted by molar-refractivity contribution is 7.10. The lowest BCUT2D eigenvalue weighted by Crippen LogP contribution is -2.51. The fraction of sp³-hybridized carbons (Fsp3) is 0.556. The molecule has 2 aliphatic heterocycles. The van der Waals surface area contributed by atoms with Crippen LogP contribution >= 0.6 is 11.3 Å². The van der Waals surface area contributed by atoms with Crippen molar-refractivity contribution in [1.82, 2.24) is 14.7 Å². The van der Waals surface area contributed by atoms with Crippen molar-refractivity contribution in [1.29, 1.82) is 0 Å². The van der Waals surface area contributed by atoms with Crippen LogP contribution in [0.2, 0.25) is 0 Å². The molecule has 136 valence electrons. The van der Waals surface area contributed by atoms with Gasteiger partial charge in [0.25, 0.3) is 0 Å². The van der Waals surface area contributed by atoms with Crippen LogP contribution in [-0.2, 0) is 14.3 Å². The van der Waals surface area contributed by atoms with E-state index in [1.807, 2.05) is 49.6 Å². The minimum absolute atomic E-state index is 0.00301. The number of carbonyl (C=O) groups is 2. The van der Waals surface area contributed by atoms with Crippen LogP contribution in [0.1, 0.15) is 4.88 Å². The molecule has 2 atom stereocenters. The first kappa shape index (κ1) is 18.1. The van der Waals surface area contributed by atoms with Crippen molar-refractivity contribution in [2.45, 2.75) is 6.04 Å². The van der Waals surface area contributed by atoms with E-state index >= 15 is 0 Å². The molecule has 1 aromatic heterocycles. The summed E-state index contributed by atoms with van der Waals surface area (Å²) < 4.78 is 5.67. The van der Waals surface area contributed by atoms with E-state index in [2.05, 4.69) is 4.90 Å². The third-order valence-electron chi connectivity index (χ3n) is 5.07. The van der Waals surface area contributed by atoms with Gasteiger partial charge in [-0.25, -0.2) is 0 Å². The molecule has 2 fully saturated rings. The Bertz CT molecular complexity index is 659. The maximum Gasteiger partial charge on any atom is 0.248 e. The Morgan fingerprint density at radius 2 is 2.24 bits per heavy atom. The normalized spacial score (nSPS) is 27.7. The minimum Gasteiger partial charge on any atom is -0.371 e. The maximum atomic E-state index is 12.7. The number of likely N-dealkylation sites (N-methyl/N-ethyl adjacent to an activating group) is 2. The lowest BCUT2D eigenvalue weighted by molar-refractivity contribution is -0.132. The van der Waals surface area contributed by atoms with Gasteiger partial charge in [-0.05, 0) is 31.6 Å². The first-order valence-electron chi connectivity index (χ1n) is 8.40.